The highest BCUT2D eigenvalue weighted by atomic mass is 79.9. The van der Waals surface area contributed by atoms with Crippen LogP contribution in [0.2, 0.25) is 0 Å². The van der Waals surface area contributed by atoms with Crippen LogP contribution in [0.4, 0.5) is 0 Å². The highest BCUT2D eigenvalue weighted by Crippen LogP contribution is 2.25. The average molecular weight is 341 g/mol. The zero-order valence-electron chi connectivity index (χ0n) is 11.9. The molecular formula is C15H21BrN2O2. The lowest BCUT2D eigenvalue weighted by Crippen LogP contribution is -2.52. The molecule has 1 aromatic rings. The van der Waals surface area contributed by atoms with Crippen molar-refractivity contribution in [3.05, 3.63) is 34.3 Å². The molecule has 5 heteroatoms. The van der Waals surface area contributed by atoms with E-state index < -0.39 is 0 Å². The molecule has 4 nitrogen and oxygen atoms in total. The van der Waals surface area contributed by atoms with Gasteiger partial charge in [0, 0.05) is 23.0 Å². The van der Waals surface area contributed by atoms with E-state index in [9.17, 15) is 4.79 Å². The van der Waals surface area contributed by atoms with Crippen LogP contribution in [-0.2, 0) is 14.9 Å². The SMILES string of the molecule is CC(C)(CNC(=O)C1COCCN1)c1cccc(Br)c1. The first-order valence-corrected chi connectivity index (χ1v) is 7.63. The van der Waals surface area contributed by atoms with Gasteiger partial charge in [0.1, 0.15) is 6.04 Å². The molecule has 1 aliphatic heterocycles. The summed E-state index contributed by atoms with van der Waals surface area (Å²) in [7, 11) is 0. The molecule has 1 fully saturated rings. The summed E-state index contributed by atoms with van der Waals surface area (Å²) in [6.45, 7) is 6.70. The van der Waals surface area contributed by atoms with E-state index in [-0.39, 0.29) is 17.4 Å². The summed E-state index contributed by atoms with van der Waals surface area (Å²) in [5.41, 5.74) is 1.08. The maximum absolute atomic E-state index is 12.1. The standard InChI is InChI=1S/C15H21BrN2O2/c1-15(2,11-4-3-5-12(16)8-11)10-18-14(19)13-9-20-7-6-17-13/h3-5,8,13,17H,6-7,9-10H2,1-2H3,(H,18,19). The first kappa shape index (κ1) is 15.5. The number of ether oxygens (including phenoxy) is 1. The largest absolute Gasteiger partial charge is 0.378 e. The number of halogens is 1. The van der Waals surface area contributed by atoms with Crippen molar-refractivity contribution < 1.29 is 9.53 Å². The fourth-order valence-corrected chi connectivity index (χ4v) is 2.58. The zero-order chi connectivity index (χ0) is 14.6. The average Bonchev–Trinajstić information content (AvgIpc) is 2.46. The number of hydrogen-bond acceptors (Lipinski definition) is 3. The lowest BCUT2D eigenvalue weighted by Gasteiger charge is -2.28. The molecule has 1 saturated heterocycles. The molecule has 1 heterocycles. The number of amides is 1. The minimum absolute atomic E-state index is 0.00720. The summed E-state index contributed by atoms with van der Waals surface area (Å²) in [6, 6.07) is 7.95. The number of rotatable bonds is 4. The van der Waals surface area contributed by atoms with Crippen LogP contribution in [0.1, 0.15) is 19.4 Å². The van der Waals surface area contributed by atoms with Crippen molar-refractivity contribution in [1.29, 1.82) is 0 Å². The molecule has 2 rings (SSSR count). The van der Waals surface area contributed by atoms with Crippen LogP contribution < -0.4 is 10.6 Å². The van der Waals surface area contributed by atoms with E-state index in [1.54, 1.807) is 0 Å². The Morgan fingerprint density at radius 3 is 3.00 bits per heavy atom. The van der Waals surface area contributed by atoms with E-state index in [1.165, 1.54) is 5.56 Å². The van der Waals surface area contributed by atoms with E-state index in [4.69, 9.17) is 4.74 Å². The van der Waals surface area contributed by atoms with Crippen LogP contribution in [0.15, 0.2) is 28.7 Å². The van der Waals surface area contributed by atoms with E-state index in [0.717, 1.165) is 11.0 Å². The molecule has 0 aromatic heterocycles. The predicted molar refractivity (Wildman–Crippen MR) is 82.8 cm³/mol. The second-order valence-electron chi connectivity index (χ2n) is 5.69. The van der Waals surface area contributed by atoms with Gasteiger partial charge >= 0.3 is 0 Å². The fourth-order valence-electron chi connectivity index (χ4n) is 2.18. The van der Waals surface area contributed by atoms with Gasteiger partial charge in [-0.25, -0.2) is 0 Å². The molecule has 1 atom stereocenters. The molecular weight excluding hydrogens is 320 g/mol. The van der Waals surface area contributed by atoms with Crippen molar-refractivity contribution in [2.45, 2.75) is 25.3 Å². The van der Waals surface area contributed by atoms with Gasteiger partial charge in [0.05, 0.1) is 13.2 Å². The third-order valence-electron chi connectivity index (χ3n) is 3.55. The molecule has 1 amide bonds. The molecule has 20 heavy (non-hydrogen) atoms. The summed E-state index contributed by atoms with van der Waals surface area (Å²) < 4.78 is 6.36. The van der Waals surface area contributed by atoms with E-state index in [0.29, 0.717) is 19.8 Å². The van der Waals surface area contributed by atoms with Crippen LogP contribution in [-0.4, -0.2) is 38.3 Å². The Morgan fingerprint density at radius 1 is 1.55 bits per heavy atom. The molecule has 0 radical (unpaired) electrons. The highest BCUT2D eigenvalue weighted by Gasteiger charge is 2.25. The second-order valence-corrected chi connectivity index (χ2v) is 6.61. The number of morpholine rings is 1. The quantitative estimate of drug-likeness (QED) is 0.879. The Bertz CT molecular complexity index is 471. The Labute approximate surface area is 128 Å². The maximum Gasteiger partial charge on any atom is 0.239 e. The van der Waals surface area contributed by atoms with Crippen LogP contribution >= 0.6 is 15.9 Å². The van der Waals surface area contributed by atoms with Gasteiger partial charge in [0.2, 0.25) is 5.91 Å². The molecule has 2 N–H and O–H groups in total. The van der Waals surface area contributed by atoms with Crippen molar-refractivity contribution in [3.63, 3.8) is 0 Å². The Hall–Kier alpha value is -0.910. The van der Waals surface area contributed by atoms with Crippen molar-refractivity contribution in [2.75, 3.05) is 26.3 Å². The monoisotopic (exact) mass is 340 g/mol. The van der Waals surface area contributed by atoms with Gasteiger partial charge in [0.15, 0.2) is 0 Å². The first-order chi connectivity index (χ1) is 9.49. The van der Waals surface area contributed by atoms with Crippen molar-refractivity contribution in [1.82, 2.24) is 10.6 Å². The van der Waals surface area contributed by atoms with E-state index in [2.05, 4.69) is 52.5 Å². The fraction of sp³-hybridized carbons (Fsp3) is 0.533. The summed E-state index contributed by atoms with van der Waals surface area (Å²) in [5.74, 6) is 0.00720. The van der Waals surface area contributed by atoms with Crippen LogP contribution in [0, 0.1) is 0 Å². The predicted octanol–water partition coefficient (Wildman–Crippen LogP) is 1.83. The summed E-state index contributed by atoms with van der Waals surface area (Å²) >= 11 is 3.48. The maximum atomic E-state index is 12.1. The smallest absolute Gasteiger partial charge is 0.239 e. The van der Waals surface area contributed by atoms with Gasteiger partial charge in [-0.3, -0.25) is 4.79 Å². The van der Waals surface area contributed by atoms with E-state index >= 15 is 0 Å². The van der Waals surface area contributed by atoms with Gasteiger partial charge in [-0.05, 0) is 17.7 Å². The van der Waals surface area contributed by atoms with Crippen LogP contribution in [0.25, 0.3) is 0 Å². The second kappa shape index (κ2) is 6.70. The lowest BCUT2D eigenvalue weighted by molar-refractivity contribution is -0.126. The third kappa shape index (κ3) is 4.04. The number of benzene rings is 1. The Morgan fingerprint density at radius 2 is 2.35 bits per heavy atom. The van der Waals surface area contributed by atoms with Gasteiger partial charge in [0.25, 0.3) is 0 Å². The Kier molecular flexibility index (Phi) is 5.18. The molecule has 0 spiro atoms. The molecule has 110 valence electrons. The van der Waals surface area contributed by atoms with Gasteiger partial charge in [-0.2, -0.15) is 0 Å². The summed E-state index contributed by atoms with van der Waals surface area (Å²) in [6.07, 6.45) is 0. The minimum Gasteiger partial charge on any atom is -0.378 e. The number of carbonyl (C=O) groups is 1. The van der Waals surface area contributed by atoms with Crippen molar-refractivity contribution in [2.24, 2.45) is 0 Å². The number of nitrogens with one attached hydrogen (secondary N) is 2. The first-order valence-electron chi connectivity index (χ1n) is 6.84. The molecule has 0 saturated carbocycles. The van der Waals surface area contributed by atoms with Crippen LogP contribution in [0.3, 0.4) is 0 Å². The van der Waals surface area contributed by atoms with Crippen molar-refractivity contribution in [3.8, 4) is 0 Å². The van der Waals surface area contributed by atoms with Gasteiger partial charge in [-0.15, -0.1) is 0 Å². The molecule has 0 aliphatic carbocycles. The summed E-state index contributed by atoms with van der Waals surface area (Å²) in [4.78, 5) is 12.1. The van der Waals surface area contributed by atoms with Crippen LogP contribution in [0.5, 0.6) is 0 Å². The third-order valence-corrected chi connectivity index (χ3v) is 4.04. The summed E-state index contributed by atoms with van der Waals surface area (Å²) in [5, 5.41) is 6.17. The number of hydrogen-bond donors (Lipinski definition) is 2. The molecule has 1 aromatic carbocycles. The van der Waals surface area contributed by atoms with Gasteiger partial charge < -0.3 is 15.4 Å². The van der Waals surface area contributed by atoms with Gasteiger partial charge in [-0.1, -0.05) is 41.9 Å². The molecule has 0 bridgehead atoms. The van der Waals surface area contributed by atoms with E-state index in [1.807, 2.05) is 12.1 Å². The molecule has 1 unspecified atom stereocenters. The molecule has 1 aliphatic rings. The lowest BCUT2D eigenvalue weighted by atomic mass is 9.84. The van der Waals surface area contributed by atoms with Crippen molar-refractivity contribution >= 4 is 21.8 Å². The number of carbonyl (C=O) groups excluding carboxylic acids is 1. The highest BCUT2D eigenvalue weighted by molar-refractivity contribution is 9.10. The normalized spacial score (nSPS) is 19.6. The Balaban J connectivity index is 1.93. The zero-order valence-corrected chi connectivity index (χ0v) is 13.5. The topological polar surface area (TPSA) is 50.4 Å². The minimum atomic E-state index is -0.234.